The molecule has 1 N–H and O–H groups in total. The third-order valence-electron chi connectivity index (χ3n) is 2.91. The molecule has 1 saturated heterocycles. The Morgan fingerprint density at radius 3 is 2.61 bits per heavy atom. The van der Waals surface area contributed by atoms with Gasteiger partial charge < -0.3 is 10.0 Å². The lowest BCUT2D eigenvalue weighted by atomic mass is 10.1. The van der Waals surface area contributed by atoms with Crippen molar-refractivity contribution in [2.45, 2.75) is 6.42 Å². The van der Waals surface area contributed by atoms with E-state index in [4.69, 9.17) is 5.11 Å². The van der Waals surface area contributed by atoms with Crippen molar-refractivity contribution < 1.29 is 14.7 Å². The first-order chi connectivity index (χ1) is 8.68. The van der Waals surface area contributed by atoms with Crippen LogP contribution in [0.1, 0.15) is 6.42 Å². The average Bonchev–Trinajstić information content (AvgIpc) is 2.90. The van der Waals surface area contributed by atoms with E-state index in [0.717, 1.165) is 17.9 Å². The summed E-state index contributed by atoms with van der Waals surface area (Å²) in [5.74, 6) is 0.662. The molecule has 1 fully saturated rings. The number of carboxylic acid groups (broad SMARTS) is 1. The summed E-state index contributed by atoms with van der Waals surface area (Å²) in [7, 11) is 0. The first-order valence-electron chi connectivity index (χ1n) is 5.84. The largest absolute Gasteiger partial charge is 0.480 e. The number of carbonyl (C=O) groups excluding carboxylic acids is 1. The molecule has 1 aliphatic heterocycles. The number of aliphatic carboxylic acids is 1. The first kappa shape index (κ1) is 13.0. The number of benzene rings is 1. The molecule has 2 rings (SSSR count). The van der Waals surface area contributed by atoms with Crippen molar-refractivity contribution >= 4 is 29.3 Å². The van der Waals surface area contributed by atoms with Crippen LogP contribution in [0.25, 0.3) is 0 Å². The molecule has 18 heavy (non-hydrogen) atoms. The van der Waals surface area contributed by atoms with E-state index in [1.165, 1.54) is 4.90 Å². The maximum absolute atomic E-state index is 12.3. The van der Waals surface area contributed by atoms with Crippen molar-refractivity contribution in [2.75, 3.05) is 23.0 Å². The summed E-state index contributed by atoms with van der Waals surface area (Å²) in [5, 5.41) is 8.94. The van der Waals surface area contributed by atoms with Gasteiger partial charge >= 0.3 is 5.97 Å². The summed E-state index contributed by atoms with van der Waals surface area (Å²) in [4.78, 5) is 24.6. The Morgan fingerprint density at radius 2 is 2.06 bits per heavy atom. The molecule has 0 aromatic heterocycles. The van der Waals surface area contributed by atoms with Gasteiger partial charge in [0.1, 0.15) is 6.54 Å². The molecule has 4 nitrogen and oxygen atoms in total. The number of amides is 1. The average molecular weight is 265 g/mol. The van der Waals surface area contributed by atoms with Gasteiger partial charge in [-0.25, -0.2) is 0 Å². The SMILES string of the molecule is O=C(O)CN(C(=O)C1CCSC1)c1ccccc1. The fraction of sp³-hybridized carbons (Fsp3) is 0.385. The third kappa shape index (κ3) is 3.04. The number of rotatable bonds is 4. The highest BCUT2D eigenvalue weighted by molar-refractivity contribution is 7.99. The minimum absolute atomic E-state index is 0.0467. The quantitative estimate of drug-likeness (QED) is 0.902. The van der Waals surface area contributed by atoms with E-state index < -0.39 is 5.97 Å². The normalized spacial score (nSPS) is 18.6. The van der Waals surface area contributed by atoms with E-state index in [1.807, 2.05) is 6.07 Å². The maximum Gasteiger partial charge on any atom is 0.323 e. The highest BCUT2D eigenvalue weighted by Crippen LogP contribution is 2.27. The number of anilines is 1. The van der Waals surface area contributed by atoms with E-state index in [0.29, 0.717) is 5.69 Å². The van der Waals surface area contributed by atoms with Gasteiger partial charge in [0.15, 0.2) is 0 Å². The first-order valence-corrected chi connectivity index (χ1v) is 7.00. The molecular formula is C13H15NO3S. The van der Waals surface area contributed by atoms with Crippen LogP contribution >= 0.6 is 11.8 Å². The Hall–Kier alpha value is -1.49. The van der Waals surface area contributed by atoms with Crippen LogP contribution < -0.4 is 4.90 Å². The van der Waals surface area contributed by atoms with Crippen molar-refractivity contribution in [1.29, 1.82) is 0 Å². The molecule has 5 heteroatoms. The Balaban J connectivity index is 2.19. The Labute approximate surface area is 110 Å². The molecule has 1 aromatic rings. The lowest BCUT2D eigenvalue weighted by Crippen LogP contribution is -2.39. The van der Waals surface area contributed by atoms with Crippen LogP contribution in [0.5, 0.6) is 0 Å². The molecule has 96 valence electrons. The molecule has 1 aromatic carbocycles. The minimum atomic E-state index is -0.988. The fourth-order valence-electron chi connectivity index (χ4n) is 1.99. The molecule has 1 aliphatic rings. The summed E-state index contributed by atoms with van der Waals surface area (Å²) in [5.41, 5.74) is 0.654. The summed E-state index contributed by atoms with van der Waals surface area (Å²) in [6, 6.07) is 8.99. The molecular weight excluding hydrogens is 250 g/mol. The second-order valence-electron chi connectivity index (χ2n) is 4.21. The predicted molar refractivity (Wildman–Crippen MR) is 71.9 cm³/mol. The van der Waals surface area contributed by atoms with Gasteiger partial charge in [0.25, 0.3) is 0 Å². The zero-order valence-corrected chi connectivity index (χ0v) is 10.7. The standard InChI is InChI=1S/C13H15NO3S/c15-12(16)8-14(11-4-2-1-3-5-11)13(17)10-6-7-18-9-10/h1-5,10H,6-9H2,(H,15,16). The van der Waals surface area contributed by atoms with Gasteiger partial charge in [0.05, 0.1) is 0 Å². The Bertz CT molecular complexity index is 429. The smallest absolute Gasteiger partial charge is 0.323 e. The van der Waals surface area contributed by atoms with Gasteiger partial charge in [-0.3, -0.25) is 9.59 Å². The Morgan fingerprint density at radius 1 is 1.33 bits per heavy atom. The molecule has 0 bridgehead atoms. The highest BCUT2D eigenvalue weighted by Gasteiger charge is 2.29. The lowest BCUT2D eigenvalue weighted by molar-refractivity contribution is -0.137. The number of nitrogens with zero attached hydrogens (tertiary/aromatic N) is 1. The van der Waals surface area contributed by atoms with E-state index >= 15 is 0 Å². The predicted octanol–water partition coefficient (Wildman–Crippen LogP) is 1.86. The van der Waals surface area contributed by atoms with Crippen molar-refractivity contribution in [1.82, 2.24) is 0 Å². The van der Waals surface area contributed by atoms with Crippen molar-refractivity contribution in [3.05, 3.63) is 30.3 Å². The lowest BCUT2D eigenvalue weighted by Gasteiger charge is -2.23. The zero-order chi connectivity index (χ0) is 13.0. The van der Waals surface area contributed by atoms with Gasteiger partial charge in [-0.1, -0.05) is 18.2 Å². The topological polar surface area (TPSA) is 57.6 Å². The Kier molecular flexibility index (Phi) is 4.25. The number of thioether (sulfide) groups is 1. The van der Waals surface area contributed by atoms with Gasteiger partial charge in [0, 0.05) is 17.4 Å². The summed E-state index contributed by atoms with van der Waals surface area (Å²) in [6.07, 6.45) is 0.840. The number of para-hydroxylation sites is 1. The van der Waals surface area contributed by atoms with Crippen molar-refractivity contribution in [3.63, 3.8) is 0 Å². The van der Waals surface area contributed by atoms with E-state index in [1.54, 1.807) is 36.0 Å². The van der Waals surface area contributed by atoms with E-state index in [-0.39, 0.29) is 18.4 Å². The number of hydrogen-bond donors (Lipinski definition) is 1. The molecule has 1 atom stereocenters. The van der Waals surface area contributed by atoms with Crippen LogP contribution in [0.3, 0.4) is 0 Å². The minimum Gasteiger partial charge on any atom is -0.480 e. The van der Waals surface area contributed by atoms with Crippen molar-refractivity contribution in [3.8, 4) is 0 Å². The molecule has 0 radical (unpaired) electrons. The second kappa shape index (κ2) is 5.91. The van der Waals surface area contributed by atoms with Crippen LogP contribution in [0.4, 0.5) is 5.69 Å². The van der Waals surface area contributed by atoms with Crippen LogP contribution in [0.15, 0.2) is 30.3 Å². The third-order valence-corrected chi connectivity index (χ3v) is 4.07. The van der Waals surface area contributed by atoms with Crippen molar-refractivity contribution in [2.24, 2.45) is 5.92 Å². The summed E-state index contributed by atoms with van der Waals surface area (Å²) >= 11 is 1.75. The van der Waals surface area contributed by atoms with Crippen LogP contribution in [0, 0.1) is 5.92 Å². The second-order valence-corrected chi connectivity index (χ2v) is 5.36. The molecule has 1 unspecified atom stereocenters. The monoisotopic (exact) mass is 265 g/mol. The molecule has 0 aliphatic carbocycles. The summed E-state index contributed by atoms with van der Waals surface area (Å²) < 4.78 is 0. The molecule has 0 spiro atoms. The highest BCUT2D eigenvalue weighted by atomic mass is 32.2. The number of hydrogen-bond acceptors (Lipinski definition) is 3. The van der Waals surface area contributed by atoms with Crippen LogP contribution in [-0.2, 0) is 9.59 Å². The van der Waals surface area contributed by atoms with Gasteiger partial charge in [-0.05, 0) is 24.3 Å². The van der Waals surface area contributed by atoms with Crippen LogP contribution in [-0.4, -0.2) is 35.0 Å². The van der Waals surface area contributed by atoms with E-state index in [9.17, 15) is 9.59 Å². The van der Waals surface area contributed by atoms with E-state index in [2.05, 4.69) is 0 Å². The zero-order valence-electron chi connectivity index (χ0n) is 9.91. The van der Waals surface area contributed by atoms with Crippen LogP contribution in [0.2, 0.25) is 0 Å². The number of carboxylic acids is 1. The van der Waals surface area contributed by atoms with Gasteiger partial charge in [-0.2, -0.15) is 11.8 Å². The number of carbonyl (C=O) groups is 2. The van der Waals surface area contributed by atoms with Gasteiger partial charge in [-0.15, -0.1) is 0 Å². The maximum atomic E-state index is 12.3. The molecule has 1 amide bonds. The fourth-order valence-corrected chi connectivity index (χ4v) is 3.20. The summed E-state index contributed by atoms with van der Waals surface area (Å²) in [6.45, 7) is -0.274. The molecule has 1 heterocycles. The molecule has 0 saturated carbocycles. The van der Waals surface area contributed by atoms with Gasteiger partial charge in [0.2, 0.25) is 5.91 Å².